The smallest absolute Gasteiger partial charge is 0.270 e. The quantitative estimate of drug-likeness (QED) is 0.623. The maximum absolute atomic E-state index is 12.3. The molecule has 0 unspecified atom stereocenters. The van der Waals surface area contributed by atoms with Crippen LogP contribution >= 0.6 is 0 Å². The highest BCUT2D eigenvalue weighted by molar-refractivity contribution is 6.00. The third-order valence-electron chi connectivity index (χ3n) is 3.73. The van der Waals surface area contributed by atoms with E-state index in [-0.39, 0.29) is 17.6 Å². The van der Waals surface area contributed by atoms with Crippen LogP contribution < -0.4 is 10.6 Å². The molecule has 0 aromatic heterocycles. The third kappa shape index (κ3) is 3.71. The topological polar surface area (TPSA) is 84.3 Å². The molecular formula is C15H21N3O3. The third-order valence-corrected chi connectivity index (χ3v) is 3.73. The fourth-order valence-electron chi connectivity index (χ4n) is 2.53. The number of anilines is 1. The van der Waals surface area contributed by atoms with Crippen molar-refractivity contribution in [2.75, 3.05) is 11.9 Å². The summed E-state index contributed by atoms with van der Waals surface area (Å²) in [6.07, 6.45) is 2.86. The average molecular weight is 291 g/mol. The van der Waals surface area contributed by atoms with Gasteiger partial charge in [-0.2, -0.15) is 0 Å². The molecular weight excluding hydrogens is 270 g/mol. The van der Waals surface area contributed by atoms with Crippen molar-refractivity contribution in [2.45, 2.75) is 39.2 Å². The van der Waals surface area contributed by atoms with Crippen molar-refractivity contribution in [2.24, 2.45) is 5.92 Å². The number of amides is 1. The molecule has 6 heteroatoms. The van der Waals surface area contributed by atoms with E-state index in [0.717, 1.165) is 25.8 Å². The molecule has 0 bridgehead atoms. The van der Waals surface area contributed by atoms with Crippen molar-refractivity contribution in [3.8, 4) is 0 Å². The highest BCUT2D eigenvalue weighted by Gasteiger charge is 2.28. The number of rotatable bonds is 6. The molecule has 0 spiro atoms. The van der Waals surface area contributed by atoms with Crippen LogP contribution in [0.4, 0.5) is 11.4 Å². The van der Waals surface area contributed by atoms with Crippen molar-refractivity contribution in [1.29, 1.82) is 0 Å². The van der Waals surface area contributed by atoms with Gasteiger partial charge in [-0.15, -0.1) is 0 Å². The Morgan fingerprint density at radius 2 is 2.14 bits per heavy atom. The highest BCUT2D eigenvalue weighted by atomic mass is 16.6. The van der Waals surface area contributed by atoms with Gasteiger partial charge in [-0.1, -0.05) is 13.8 Å². The number of nitrogens with zero attached hydrogens (tertiary/aromatic N) is 1. The molecule has 0 heterocycles. The summed E-state index contributed by atoms with van der Waals surface area (Å²) in [7, 11) is 0. The van der Waals surface area contributed by atoms with Crippen molar-refractivity contribution >= 4 is 17.3 Å². The van der Waals surface area contributed by atoms with E-state index in [2.05, 4.69) is 17.6 Å². The maximum atomic E-state index is 12.3. The van der Waals surface area contributed by atoms with Crippen molar-refractivity contribution in [1.82, 2.24) is 5.32 Å². The standard InChI is InChI=1S/C15H21N3O3/c1-3-6-16-14-5-4-12(18(20)21)9-13(14)15(19)17-11-7-10(2)8-11/h4-5,9-11,16H,3,6-8H2,1-2H3,(H,17,19). The summed E-state index contributed by atoms with van der Waals surface area (Å²) in [5, 5.41) is 17.0. The second-order valence-corrected chi connectivity index (χ2v) is 5.66. The Kier molecular flexibility index (Phi) is 4.77. The Hall–Kier alpha value is -2.11. The van der Waals surface area contributed by atoms with Gasteiger partial charge in [0.25, 0.3) is 11.6 Å². The minimum Gasteiger partial charge on any atom is -0.384 e. The number of nitro groups is 1. The van der Waals surface area contributed by atoms with Crippen LogP contribution in [0.3, 0.4) is 0 Å². The van der Waals surface area contributed by atoms with Crippen LogP contribution in [0, 0.1) is 16.0 Å². The Labute approximate surface area is 124 Å². The van der Waals surface area contributed by atoms with E-state index in [0.29, 0.717) is 17.2 Å². The zero-order valence-electron chi connectivity index (χ0n) is 12.4. The number of nitrogens with one attached hydrogen (secondary N) is 2. The van der Waals surface area contributed by atoms with Gasteiger partial charge < -0.3 is 10.6 Å². The second-order valence-electron chi connectivity index (χ2n) is 5.66. The lowest BCUT2D eigenvalue weighted by Gasteiger charge is -2.33. The molecule has 1 aliphatic carbocycles. The highest BCUT2D eigenvalue weighted by Crippen LogP contribution is 2.28. The van der Waals surface area contributed by atoms with Crippen LogP contribution in [-0.2, 0) is 0 Å². The zero-order valence-corrected chi connectivity index (χ0v) is 12.4. The SMILES string of the molecule is CCCNc1ccc([N+](=O)[O-])cc1C(=O)NC1CC(C)C1. The Bertz CT molecular complexity index is 539. The molecule has 1 aromatic rings. The first kappa shape index (κ1) is 15.3. The number of hydrogen-bond donors (Lipinski definition) is 2. The number of carbonyl (C=O) groups excluding carboxylic acids is 1. The zero-order chi connectivity index (χ0) is 15.4. The number of nitro benzene ring substituents is 1. The summed E-state index contributed by atoms with van der Waals surface area (Å²) in [4.78, 5) is 22.7. The first-order chi connectivity index (χ1) is 10.0. The normalized spacial score (nSPS) is 20.5. The summed E-state index contributed by atoms with van der Waals surface area (Å²) in [6, 6.07) is 4.55. The summed E-state index contributed by atoms with van der Waals surface area (Å²) in [6.45, 7) is 4.89. The minimum atomic E-state index is -0.480. The second kappa shape index (κ2) is 6.56. The molecule has 0 saturated heterocycles. The number of benzene rings is 1. The van der Waals surface area contributed by atoms with Gasteiger partial charge in [0.05, 0.1) is 10.5 Å². The molecule has 1 aromatic carbocycles. The maximum Gasteiger partial charge on any atom is 0.270 e. The lowest BCUT2D eigenvalue weighted by molar-refractivity contribution is -0.384. The molecule has 1 fully saturated rings. The van der Waals surface area contributed by atoms with E-state index in [1.807, 2.05) is 6.92 Å². The summed E-state index contributed by atoms with van der Waals surface area (Å²) in [5.74, 6) is 0.396. The summed E-state index contributed by atoms with van der Waals surface area (Å²) in [5.41, 5.74) is 0.925. The number of carbonyl (C=O) groups is 1. The van der Waals surface area contributed by atoms with Gasteiger partial charge in [0.15, 0.2) is 0 Å². The molecule has 0 atom stereocenters. The van der Waals surface area contributed by atoms with Gasteiger partial charge >= 0.3 is 0 Å². The van der Waals surface area contributed by atoms with E-state index in [4.69, 9.17) is 0 Å². The van der Waals surface area contributed by atoms with Gasteiger partial charge in [-0.3, -0.25) is 14.9 Å². The predicted octanol–water partition coefficient (Wildman–Crippen LogP) is 2.95. The lowest BCUT2D eigenvalue weighted by Crippen LogP contribution is -2.43. The minimum absolute atomic E-state index is 0.0656. The molecule has 0 aliphatic heterocycles. The van der Waals surface area contributed by atoms with Crippen LogP contribution in [-0.4, -0.2) is 23.4 Å². The van der Waals surface area contributed by atoms with Gasteiger partial charge in [-0.05, 0) is 31.2 Å². The van der Waals surface area contributed by atoms with E-state index in [1.54, 1.807) is 6.07 Å². The van der Waals surface area contributed by atoms with E-state index >= 15 is 0 Å². The van der Waals surface area contributed by atoms with Crippen molar-refractivity contribution in [3.63, 3.8) is 0 Å². The van der Waals surface area contributed by atoms with E-state index in [9.17, 15) is 14.9 Å². The largest absolute Gasteiger partial charge is 0.384 e. The lowest BCUT2D eigenvalue weighted by atomic mass is 9.82. The number of non-ortho nitro benzene ring substituents is 1. The van der Waals surface area contributed by atoms with Gasteiger partial charge in [0.2, 0.25) is 0 Å². The Balaban J connectivity index is 2.18. The first-order valence-electron chi connectivity index (χ1n) is 7.34. The molecule has 2 rings (SSSR count). The molecule has 1 amide bonds. The van der Waals surface area contributed by atoms with Crippen LogP contribution in [0.5, 0.6) is 0 Å². The molecule has 1 aliphatic rings. The molecule has 21 heavy (non-hydrogen) atoms. The van der Waals surface area contributed by atoms with Gasteiger partial charge in [0.1, 0.15) is 0 Å². The molecule has 6 nitrogen and oxygen atoms in total. The van der Waals surface area contributed by atoms with Crippen molar-refractivity contribution in [3.05, 3.63) is 33.9 Å². The number of hydrogen-bond acceptors (Lipinski definition) is 4. The fraction of sp³-hybridized carbons (Fsp3) is 0.533. The molecule has 1 saturated carbocycles. The Morgan fingerprint density at radius 1 is 1.43 bits per heavy atom. The predicted molar refractivity (Wildman–Crippen MR) is 81.5 cm³/mol. The average Bonchev–Trinajstić information content (AvgIpc) is 2.43. The first-order valence-corrected chi connectivity index (χ1v) is 7.34. The van der Waals surface area contributed by atoms with E-state index in [1.165, 1.54) is 12.1 Å². The van der Waals surface area contributed by atoms with Crippen LogP contribution in [0.2, 0.25) is 0 Å². The van der Waals surface area contributed by atoms with E-state index < -0.39 is 4.92 Å². The molecule has 0 radical (unpaired) electrons. The fourth-order valence-corrected chi connectivity index (χ4v) is 2.53. The Morgan fingerprint density at radius 3 is 2.71 bits per heavy atom. The van der Waals surface area contributed by atoms with Crippen LogP contribution in [0.15, 0.2) is 18.2 Å². The van der Waals surface area contributed by atoms with Gasteiger partial charge in [-0.25, -0.2) is 0 Å². The summed E-state index contributed by atoms with van der Waals surface area (Å²) < 4.78 is 0. The monoisotopic (exact) mass is 291 g/mol. The molecule has 114 valence electrons. The van der Waals surface area contributed by atoms with Crippen molar-refractivity contribution < 1.29 is 9.72 Å². The van der Waals surface area contributed by atoms with Crippen LogP contribution in [0.1, 0.15) is 43.5 Å². The molecule has 2 N–H and O–H groups in total. The van der Waals surface area contributed by atoms with Gasteiger partial charge in [0, 0.05) is 30.4 Å². The van der Waals surface area contributed by atoms with Crippen LogP contribution in [0.25, 0.3) is 0 Å². The summed E-state index contributed by atoms with van der Waals surface area (Å²) >= 11 is 0.